The molecule has 0 saturated carbocycles. The zero-order chi connectivity index (χ0) is 21.8. The Morgan fingerprint density at radius 3 is 2.60 bits per heavy atom. The van der Waals surface area contributed by atoms with Crippen molar-refractivity contribution < 1.29 is 13.7 Å². The second-order valence-electron chi connectivity index (χ2n) is 6.83. The van der Waals surface area contributed by atoms with Crippen molar-refractivity contribution in [2.75, 3.05) is 32.3 Å². The molecule has 2 aromatic heterocycles. The van der Waals surface area contributed by atoms with Crippen LogP contribution in [0, 0.1) is 0 Å². The topological polar surface area (TPSA) is 107 Å². The van der Waals surface area contributed by atoms with Gasteiger partial charge in [0.2, 0.25) is 0 Å². The predicted molar refractivity (Wildman–Crippen MR) is 118 cm³/mol. The molecular formula is C20H25N5O4S. The van der Waals surface area contributed by atoms with E-state index in [2.05, 4.69) is 15.0 Å². The number of rotatable bonds is 8. The molecule has 0 aliphatic rings. The maximum absolute atomic E-state index is 12.7. The molecule has 0 bridgehead atoms. The van der Waals surface area contributed by atoms with Crippen LogP contribution in [0.5, 0.6) is 11.5 Å². The number of aromatic nitrogens is 3. The van der Waals surface area contributed by atoms with E-state index in [1.54, 1.807) is 39.7 Å². The summed E-state index contributed by atoms with van der Waals surface area (Å²) in [5.74, 6) is 1.60. The van der Waals surface area contributed by atoms with Gasteiger partial charge in [0.1, 0.15) is 11.2 Å². The lowest BCUT2D eigenvalue weighted by molar-refractivity contribution is 0.355. The second kappa shape index (κ2) is 9.23. The number of aryl methyl sites for hydroxylation is 1. The molecule has 0 fully saturated rings. The van der Waals surface area contributed by atoms with Gasteiger partial charge in [0.05, 0.1) is 42.7 Å². The van der Waals surface area contributed by atoms with E-state index in [1.165, 1.54) is 10.9 Å². The minimum atomic E-state index is -1.14. The van der Waals surface area contributed by atoms with Crippen LogP contribution in [0.1, 0.15) is 6.92 Å². The van der Waals surface area contributed by atoms with Gasteiger partial charge in [-0.1, -0.05) is 0 Å². The molecule has 0 amide bonds. The number of anilines is 1. The Morgan fingerprint density at radius 1 is 1.20 bits per heavy atom. The summed E-state index contributed by atoms with van der Waals surface area (Å²) in [4.78, 5) is 21.8. The highest BCUT2D eigenvalue weighted by molar-refractivity contribution is 7.82. The average Bonchev–Trinajstić information content (AvgIpc) is 2.73. The molecule has 30 heavy (non-hydrogen) atoms. The molecule has 160 valence electrons. The van der Waals surface area contributed by atoms with Crippen molar-refractivity contribution in [3.05, 3.63) is 40.9 Å². The van der Waals surface area contributed by atoms with E-state index < -0.39 is 11.0 Å². The molecule has 0 saturated heterocycles. The minimum absolute atomic E-state index is 0.0991. The summed E-state index contributed by atoms with van der Waals surface area (Å²) in [5.41, 5.74) is 1.75. The van der Waals surface area contributed by atoms with Gasteiger partial charge in [-0.25, -0.2) is 18.9 Å². The van der Waals surface area contributed by atoms with Crippen LogP contribution in [-0.2, 0) is 18.0 Å². The summed E-state index contributed by atoms with van der Waals surface area (Å²) in [6.07, 6.45) is 3.05. The van der Waals surface area contributed by atoms with Gasteiger partial charge in [0.25, 0.3) is 5.56 Å². The fourth-order valence-electron chi connectivity index (χ4n) is 3.07. The van der Waals surface area contributed by atoms with Gasteiger partial charge >= 0.3 is 0 Å². The van der Waals surface area contributed by atoms with Gasteiger partial charge in [-0.15, -0.1) is 0 Å². The van der Waals surface area contributed by atoms with Crippen LogP contribution in [0.15, 0.2) is 35.4 Å². The van der Waals surface area contributed by atoms with Crippen molar-refractivity contribution >= 4 is 27.7 Å². The molecule has 2 atom stereocenters. The fourth-order valence-corrected chi connectivity index (χ4v) is 3.72. The second-order valence-corrected chi connectivity index (χ2v) is 7.98. The Bertz CT molecular complexity index is 1150. The largest absolute Gasteiger partial charge is 0.493 e. The number of benzene rings is 1. The maximum Gasteiger partial charge on any atom is 0.264 e. The smallest absolute Gasteiger partial charge is 0.264 e. The number of nitrogens with one attached hydrogen (secondary N) is 2. The zero-order valence-corrected chi connectivity index (χ0v) is 18.4. The summed E-state index contributed by atoms with van der Waals surface area (Å²) in [6.45, 7) is 2.32. The van der Waals surface area contributed by atoms with Gasteiger partial charge in [-0.2, -0.15) is 0 Å². The standard InChI is InChI=1S/C20H25N5O4S/c1-12(24-30(5)27)10-21-19-18-15(22-11-25(2)20(18)26)9-14(23-19)13-6-7-16(28-3)17(8-13)29-4/h6-9,11-12,24H,10H2,1-5H3,(H,21,23). The third-order valence-electron chi connectivity index (χ3n) is 4.53. The van der Waals surface area contributed by atoms with Crippen molar-refractivity contribution in [1.82, 2.24) is 19.3 Å². The number of hydrogen-bond acceptors (Lipinski definition) is 7. The number of methoxy groups -OCH3 is 2. The zero-order valence-electron chi connectivity index (χ0n) is 17.6. The molecule has 3 aromatic rings. The number of ether oxygens (including phenoxy) is 2. The Hall–Kier alpha value is -2.98. The Kier molecular flexibility index (Phi) is 6.68. The number of fused-ring (bicyclic) bond motifs is 1. The van der Waals surface area contributed by atoms with Crippen molar-refractivity contribution in [3.63, 3.8) is 0 Å². The molecule has 0 radical (unpaired) electrons. The molecule has 2 heterocycles. The van der Waals surface area contributed by atoms with Gasteiger partial charge in [-0.3, -0.25) is 4.79 Å². The number of pyridine rings is 1. The van der Waals surface area contributed by atoms with Gasteiger partial charge < -0.3 is 19.4 Å². The van der Waals surface area contributed by atoms with Gasteiger partial charge in [0.15, 0.2) is 11.5 Å². The van der Waals surface area contributed by atoms with Crippen LogP contribution in [0.4, 0.5) is 5.82 Å². The highest BCUT2D eigenvalue weighted by atomic mass is 32.2. The molecule has 3 rings (SSSR count). The maximum atomic E-state index is 12.7. The van der Waals surface area contributed by atoms with E-state index in [0.717, 1.165) is 5.56 Å². The van der Waals surface area contributed by atoms with E-state index >= 15 is 0 Å². The molecular weight excluding hydrogens is 406 g/mol. The van der Waals surface area contributed by atoms with Gasteiger partial charge in [0, 0.05) is 31.5 Å². The lowest BCUT2D eigenvalue weighted by Crippen LogP contribution is -2.34. The van der Waals surface area contributed by atoms with Crippen LogP contribution in [0.2, 0.25) is 0 Å². The molecule has 0 aliphatic carbocycles. The quantitative estimate of drug-likeness (QED) is 0.559. The van der Waals surface area contributed by atoms with E-state index in [-0.39, 0.29) is 11.6 Å². The first-order valence-corrected chi connectivity index (χ1v) is 10.8. The number of nitrogens with zero attached hydrogens (tertiary/aromatic N) is 3. The molecule has 10 heteroatoms. The van der Waals surface area contributed by atoms with E-state index in [0.29, 0.717) is 40.5 Å². The Morgan fingerprint density at radius 2 is 1.93 bits per heavy atom. The van der Waals surface area contributed by atoms with Crippen molar-refractivity contribution in [2.45, 2.75) is 13.0 Å². The minimum Gasteiger partial charge on any atom is -0.493 e. The van der Waals surface area contributed by atoms with Crippen molar-refractivity contribution in [1.29, 1.82) is 0 Å². The Balaban J connectivity index is 2.10. The molecule has 0 aliphatic heterocycles. The molecule has 0 spiro atoms. The first-order chi connectivity index (χ1) is 14.3. The van der Waals surface area contributed by atoms with Crippen LogP contribution in [0.3, 0.4) is 0 Å². The first-order valence-electron chi connectivity index (χ1n) is 9.26. The lowest BCUT2D eigenvalue weighted by Gasteiger charge is -2.16. The van der Waals surface area contributed by atoms with Gasteiger partial charge in [-0.05, 0) is 31.2 Å². The molecule has 1 aromatic carbocycles. The number of hydrogen-bond donors (Lipinski definition) is 2. The molecule has 2 unspecified atom stereocenters. The van der Waals surface area contributed by atoms with Crippen LogP contribution >= 0.6 is 0 Å². The van der Waals surface area contributed by atoms with Crippen molar-refractivity contribution in [3.8, 4) is 22.8 Å². The van der Waals surface area contributed by atoms with Crippen LogP contribution in [-0.4, -0.2) is 51.8 Å². The monoisotopic (exact) mass is 431 g/mol. The average molecular weight is 432 g/mol. The third-order valence-corrected chi connectivity index (χ3v) is 5.26. The predicted octanol–water partition coefficient (Wildman–Crippen LogP) is 1.70. The highest BCUT2D eigenvalue weighted by Gasteiger charge is 2.15. The fraction of sp³-hybridized carbons (Fsp3) is 0.350. The summed E-state index contributed by atoms with van der Waals surface area (Å²) in [7, 11) is 3.64. The molecule has 2 N–H and O–H groups in total. The van der Waals surface area contributed by atoms with Crippen LogP contribution in [0.25, 0.3) is 22.2 Å². The van der Waals surface area contributed by atoms with E-state index in [4.69, 9.17) is 14.5 Å². The summed E-state index contributed by atoms with van der Waals surface area (Å²) >= 11 is 0. The normalized spacial score (nSPS) is 13.1. The third kappa shape index (κ3) is 4.60. The summed E-state index contributed by atoms with van der Waals surface area (Å²) in [5, 5.41) is 3.60. The van der Waals surface area contributed by atoms with E-state index in [1.807, 2.05) is 19.1 Å². The van der Waals surface area contributed by atoms with Crippen LogP contribution < -0.4 is 25.1 Å². The highest BCUT2D eigenvalue weighted by Crippen LogP contribution is 2.33. The first kappa shape index (κ1) is 21.7. The van der Waals surface area contributed by atoms with Crippen molar-refractivity contribution in [2.24, 2.45) is 7.05 Å². The van der Waals surface area contributed by atoms with E-state index in [9.17, 15) is 9.00 Å². The lowest BCUT2D eigenvalue weighted by atomic mass is 10.1. The SMILES string of the molecule is COc1ccc(-c2cc3ncn(C)c(=O)c3c(NCC(C)NS(C)=O)n2)cc1OC. The summed E-state index contributed by atoms with van der Waals surface area (Å²) < 4.78 is 26.4. The summed E-state index contributed by atoms with van der Waals surface area (Å²) in [6, 6.07) is 7.16. The Labute approximate surface area is 177 Å². The molecule has 9 nitrogen and oxygen atoms in total.